The van der Waals surface area contributed by atoms with Crippen molar-refractivity contribution < 1.29 is 0 Å². The molecule has 2 aromatic carbocycles. The summed E-state index contributed by atoms with van der Waals surface area (Å²) in [5.74, 6) is 0. The van der Waals surface area contributed by atoms with E-state index in [1.54, 1.807) is 11.3 Å². The highest BCUT2D eigenvalue weighted by atomic mass is 32.1. The number of hydrogen-bond donors (Lipinski definition) is 2. The van der Waals surface area contributed by atoms with E-state index in [0.29, 0.717) is 0 Å². The fraction of sp³-hybridized carbons (Fsp3) is 0.0714. The lowest BCUT2D eigenvalue weighted by molar-refractivity contribution is 1.45. The first kappa shape index (κ1) is 11.0. The van der Waals surface area contributed by atoms with Crippen molar-refractivity contribution in [3.05, 3.63) is 42.0 Å². The van der Waals surface area contributed by atoms with Crippen LogP contribution in [0.15, 0.2) is 36.4 Å². The molecule has 1 aromatic heterocycles. The molecule has 1 heterocycles. The molecule has 0 radical (unpaired) electrons. The topological polar surface area (TPSA) is 64.9 Å². The standard InChI is InChI=1S/C14H13N3S/c1-8-6-13-12(7-11(8)16)17-14(18-13)9-2-4-10(15)5-3-9/h2-7H,15-16H2,1H3. The molecule has 0 fully saturated rings. The fourth-order valence-corrected chi connectivity index (χ4v) is 2.89. The Balaban J connectivity index is 2.16. The Kier molecular flexibility index (Phi) is 2.45. The van der Waals surface area contributed by atoms with E-state index in [9.17, 15) is 0 Å². The van der Waals surface area contributed by atoms with Crippen LogP contribution >= 0.6 is 11.3 Å². The molecule has 0 amide bonds. The van der Waals surface area contributed by atoms with Crippen molar-refractivity contribution in [2.24, 2.45) is 0 Å². The summed E-state index contributed by atoms with van der Waals surface area (Å²) in [7, 11) is 0. The number of nitrogens with zero attached hydrogens (tertiary/aromatic N) is 1. The van der Waals surface area contributed by atoms with Gasteiger partial charge in [0.1, 0.15) is 5.01 Å². The molecule has 0 aliphatic carbocycles. The van der Waals surface area contributed by atoms with Crippen LogP contribution in [-0.4, -0.2) is 4.98 Å². The van der Waals surface area contributed by atoms with Crippen LogP contribution in [-0.2, 0) is 0 Å². The summed E-state index contributed by atoms with van der Waals surface area (Å²) in [6.45, 7) is 2.01. The first-order valence-corrected chi connectivity index (χ1v) is 6.48. The van der Waals surface area contributed by atoms with Gasteiger partial charge in [-0.2, -0.15) is 0 Å². The number of anilines is 2. The fourth-order valence-electron chi connectivity index (χ4n) is 1.84. The molecule has 18 heavy (non-hydrogen) atoms. The van der Waals surface area contributed by atoms with Crippen LogP contribution < -0.4 is 11.5 Å². The van der Waals surface area contributed by atoms with Gasteiger partial charge in [0.2, 0.25) is 0 Å². The number of aromatic nitrogens is 1. The Bertz CT molecular complexity index is 675. The van der Waals surface area contributed by atoms with Gasteiger partial charge in [0.25, 0.3) is 0 Å². The van der Waals surface area contributed by atoms with Crippen LogP contribution in [0.5, 0.6) is 0 Å². The number of nitrogens with two attached hydrogens (primary N) is 2. The van der Waals surface area contributed by atoms with E-state index in [-0.39, 0.29) is 0 Å². The van der Waals surface area contributed by atoms with E-state index in [1.807, 2.05) is 37.3 Å². The van der Waals surface area contributed by atoms with Gasteiger partial charge in [-0.05, 0) is 48.9 Å². The van der Waals surface area contributed by atoms with E-state index >= 15 is 0 Å². The molecular weight excluding hydrogens is 242 g/mol. The SMILES string of the molecule is Cc1cc2sc(-c3ccc(N)cc3)nc2cc1N. The summed E-state index contributed by atoms with van der Waals surface area (Å²) in [6.07, 6.45) is 0. The Morgan fingerprint density at radius 1 is 1.06 bits per heavy atom. The molecule has 0 saturated carbocycles. The molecule has 4 N–H and O–H groups in total. The van der Waals surface area contributed by atoms with Gasteiger partial charge in [-0.15, -0.1) is 11.3 Å². The quantitative estimate of drug-likeness (QED) is 0.655. The van der Waals surface area contributed by atoms with E-state index in [4.69, 9.17) is 11.5 Å². The minimum Gasteiger partial charge on any atom is -0.399 e. The largest absolute Gasteiger partial charge is 0.399 e. The zero-order valence-corrected chi connectivity index (χ0v) is 10.8. The van der Waals surface area contributed by atoms with Gasteiger partial charge in [0.15, 0.2) is 0 Å². The average Bonchev–Trinajstić information content (AvgIpc) is 2.73. The molecule has 3 nitrogen and oxygen atoms in total. The van der Waals surface area contributed by atoms with Gasteiger partial charge in [-0.1, -0.05) is 0 Å². The lowest BCUT2D eigenvalue weighted by atomic mass is 10.2. The molecule has 0 spiro atoms. The van der Waals surface area contributed by atoms with Crippen molar-refractivity contribution in [2.45, 2.75) is 6.92 Å². The second-order valence-electron chi connectivity index (χ2n) is 4.32. The highest BCUT2D eigenvalue weighted by Crippen LogP contribution is 2.32. The number of thiazole rings is 1. The molecule has 90 valence electrons. The second kappa shape index (κ2) is 3.99. The van der Waals surface area contributed by atoms with Crippen molar-refractivity contribution in [1.29, 1.82) is 0 Å². The predicted octanol–water partition coefficient (Wildman–Crippen LogP) is 3.44. The van der Waals surface area contributed by atoms with Crippen LogP contribution in [0.4, 0.5) is 11.4 Å². The Morgan fingerprint density at radius 3 is 2.50 bits per heavy atom. The number of rotatable bonds is 1. The summed E-state index contributed by atoms with van der Waals surface area (Å²) in [4.78, 5) is 4.61. The van der Waals surface area contributed by atoms with Crippen LogP contribution in [0.1, 0.15) is 5.56 Å². The van der Waals surface area contributed by atoms with E-state index in [0.717, 1.165) is 37.7 Å². The molecule has 3 aromatic rings. The summed E-state index contributed by atoms with van der Waals surface area (Å²) in [5.41, 5.74) is 16.3. The highest BCUT2D eigenvalue weighted by molar-refractivity contribution is 7.21. The molecule has 4 heteroatoms. The van der Waals surface area contributed by atoms with Gasteiger partial charge in [0, 0.05) is 16.9 Å². The molecule has 0 aliphatic heterocycles. The van der Waals surface area contributed by atoms with Crippen molar-refractivity contribution in [2.75, 3.05) is 11.5 Å². The first-order valence-electron chi connectivity index (χ1n) is 5.66. The highest BCUT2D eigenvalue weighted by Gasteiger charge is 2.07. The van der Waals surface area contributed by atoms with Crippen LogP contribution in [0, 0.1) is 6.92 Å². The van der Waals surface area contributed by atoms with Crippen LogP contribution in [0.25, 0.3) is 20.8 Å². The maximum Gasteiger partial charge on any atom is 0.124 e. The Labute approximate surface area is 109 Å². The van der Waals surface area contributed by atoms with Crippen LogP contribution in [0.2, 0.25) is 0 Å². The predicted molar refractivity (Wildman–Crippen MR) is 78.6 cm³/mol. The summed E-state index contributed by atoms with van der Waals surface area (Å²) in [5, 5.41) is 0.995. The molecule has 0 saturated heterocycles. The molecule has 3 rings (SSSR count). The minimum atomic E-state index is 0.764. The summed E-state index contributed by atoms with van der Waals surface area (Å²) >= 11 is 1.67. The van der Waals surface area contributed by atoms with Crippen LogP contribution in [0.3, 0.4) is 0 Å². The number of aryl methyl sites for hydroxylation is 1. The average molecular weight is 255 g/mol. The van der Waals surface area contributed by atoms with Gasteiger partial charge < -0.3 is 11.5 Å². The molecule has 0 atom stereocenters. The first-order chi connectivity index (χ1) is 8.63. The van der Waals surface area contributed by atoms with Crippen molar-refractivity contribution in [3.8, 4) is 10.6 Å². The Hall–Kier alpha value is -2.07. The summed E-state index contributed by atoms with van der Waals surface area (Å²) < 4.78 is 1.16. The van der Waals surface area contributed by atoms with E-state index < -0.39 is 0 Å². The lowest BCUT2D eigenvalue weighted by Gasteiger charge is -1.97. The van der Waals surface area contributed by atoms with Crippen molar-refractivity contribution in [3.63, 3.8) is 0 Å². The van der Waals surface area contributed by atoms with Gasteiger partial charge in [-0.25, -0.2) is 4.98 Å². The van der Waals surface area contributed by atoms with Crippen molar-refractivity contribution in [1.82, 2.24) is 4.98 Å². The maximum absolute atomic E-state index is 5.90. The maximum atomic E-state index is 5.90. The normalized spacial score (nSPS) is 10.9. The second-order valence-corrected chi connectivity index (χ2v) is 5.35. The smallest absolute Gasteiger partial charge is 0.124 e. The molecule has 0 aliphatic rings. The summed E-state index contributed by atoms with van der Waals surface area (Å²) in [6, 6.07) is 11.8. The van der Waals surface area contributed by atoms with Gasteiger partial charge in [0.05, 0.1) is 10.2 Å². The van der Waals surface area contributed by atoms with Crippen molar-refractivity contribution >= 4 is 32.9 Å². The zero-order chi connectivity index (χ0) is 12.7. The third-order valence-corrected chi connectivity index (χ3v) is 4.00. The van der Waals surface area contributed by atoms with Gasteiger partial charge >= 0.3 is 0 Å². The number of benzene rings is 2. The minimum absolute atomic E-state index is 0.764. The number of hydrogen-bond acceptors (Lipinski definition) is 4. The van der Waals surface area contributed by atoms with E-state index in [1.165, 1.54) is 0 Å². The third kappa shape index (κ3) is 1.80. The third-order valence-electron chi connectivity index (χ3n) is 2.93. The molecular formula is C14H13N3S. The number of nitrogen functional groups attached to an aromatic ring is 2. The lowest BCUT2D eigenvalue weighted by Crippen LogP contribution is -1.88. The monoisotopic (exact) mass is 255 g/mol. The zero-order valence-electron chi connectivity index (χ0n) is 9.97. The van der Waals surface area contributed by atoms with E-state index in [2.05, 4.69) is 11.1 Å². The molecule has 0 unspecified atom stereocenters. The molecule has 0 bridgehead atoms. The Morgan fingerprint density at radius 2 is 1.78 bits per heavy atom. The van der Waals surface area contributed by atoms with Gasteiger partial charge in [-0.3, -0.25) is 0 Å². The number of fused-ring (bicyclic) bond motifs is 1.